The van der Waals surface area contributed by atoms with Gasteiger partial charge in [0.2, 0.25) is 5.82 Å². The van der Waals surface area contributed by atoms with E-state index in [0.29, 0.717) is 6.61 Å². The second-order valence-electron chi connectivity index (χ2n) is 4.83. The number of ether oxygens (including phenoxy) is 3. The van der Waals surface area contributed by atoms with Gasteiger partial charge in [0.25, 0.3) is 0 Å². The summed E-state index contributed by atoms with van der Waals surface area (Å²) in [5, 5.41) is 0. The van der Waals surface area contributed by atoms with Crippen molar-refractivity contribution in [2.24, 2.45) is 0 Å². The van der Waals surface area contributed by atoms with Crippen molar-refractivity contribution in [3.63, 3.8) is 0 Å². The van der Waals surface area contributed by atoms with E-state index in [9.17, 15) is 8.78 Å². The topological polar surface area (TPSA) is 53.7 Å². The van der Waals surface area contributed by atoms with Crippen LogP contribution in [0, 0.1) is 11.6 Å². The summed E-state index contributed by atoms with van der Waals surface area (Å²) >= 11 is 0. The van der Waals surface area contributed by atoms with E-state index in [1.165, 1.54) is 6.07 Å². The molecule has 0 spiro atoms. The Morgan fingerprint density at radius 1 is 1.40 bits per heavy atom. The second kappa shape index (κ2) is 6.85. The van der Waals surface area contributed by atoms with Crippen LogP contribution in [-0.4, -0.2) is 25.6 Å². The molecule has 2 atom stereocenters. The minimum absolute atomic E-state index is 0.0602. The van der Waals surface area contributed by atoms with Crippen molar-refractivity contribution in [2.45, 2.75) is 38.6 Å². The molecule has 2 rings (SSSR count). The van der Waals surface area contributed by atoms with Crippen LogP contribution in [0.4, 0.5) is 14.5 Å². The first-order valence-electron chi connectivity index (χ1n) is 6.71. The lowest BCUT2D eigenvalue weighted by atomic mass is 10.2. The largest absolute Gasteiger partial charge is 0.486 e. The summed E-state index contributed by atoms with van der Waals surface area (Å²) in [5.74, 6) is -2.34. The molecule has 112 valence electrons. The quantitative estimate of drug-likeness (QED) is 0.846. The third kappa shape index (κ3) is 3.80. The van der Waals surface area contributed by atoms with Gasteiger partial charge >= 0.3 is 0 Å². The molecule has 0 aromatic heterocycles. The summed E-state index contributed by atoms with van der Waals surface area (Å²) in [6, 6.07) is 2.23. The van der Waals surface area contributed by atoms with Crippen molar-refractivity contribution in [3.05, 3.63) is 23.8 Å². The first-order chi connectivity index (χ1) is 9.58. The van der Waals surface area contributed by atoms with E-state index in [4.69, 9.17) is 19.9 Å². The van der Waals surface area contributed by atoms with Gasteiger partial charge in [-0.05, 0) is 38.3 Å². The Balaban J connectivity index is 1.86. The van der Waals surface area contributed by atoms with Crippen LogP contribution in [0.2, 0.25) is 0 Å². The molecule has 0 amide bonds. The minimum atomic E-state index is -1.08. The number of nitrogen functional groups attached to an aromatic ring is 1. The van der Waals surface area contributed by atoms with Crippen LogP contribution in [0.5, 0.6) is 5.75 Å². The Morgan fingerprint density at radius 3 is 2.90 bits per heavy atom. The zero-order valence-corrected chi connectivity index (χ0v) is 11.4. The summed E-state index contributed by atoms with van der Waals surface area (Å²) < 4.78 is 42.9. The molecule has 20 heavy (non-hydrogen) atoms. The molecule has 1 saturated heterocycles. The smallest absolute Gasteiger partial charge is 0.202 e. The number of hydrogen-bond donors (Lipinski definition) is 1. The van der Waals surface area contributed by atoms with Crippen molar-refractivity contribution < 1.29 is 23.0 Å². The Kier molecular flexibility index (Phi) is 5.14. The first-order valence-corrected chi connectivity index (χ1v) is 6.71. The van der Waals surface area contributed by atoms with E-state index in [1.54, 1.807) is 6.92 Å². The average Bonchev–Trinajstić information content (AvgIpc) is 2.44. The molecular formula is C14H19F2NO3. The molecule has 1 unspecified atom stereocenters. The molecule has 6 heteroatoms. The van der Waals surface area contributed by atoms with Gasteiger partial charge in [-0.15, -0.1) is 0 Å². The number of rotatable bonds is 5. The lowest BCUT2D eigenvalue weighted by Crippen LogP contribution is -2.29. The Morgan fingerprint density at radius 2 is 2.20 bits per heavy atom. The predicted octanol–water partition coefficient (Wildman–Crippen LogP) is 2.86. The van der Waals surface area contributed by atoms with Crippen LogP contribution in [0.25, 0.3) is 0 Å². The van der Waals surface area contributed by atoms with Crippen molar-refractivity contribution >= 4 is 5.69 Å². The highest BCUT2D eigenvalue weighted by atomic mass is 19.2. The van der Waals surface area contributed by atoms with E-state index in [0.717, 1.165) is 25.3 Å². The van der Waals surface area contributed by atoms with Crippen LogP contribution in [-0.2, 0) is 9.47 Å². The van der Waals surface area contributed by atoms with Gasteiger partial charge in [-0.2, -0.15) is 4.39 Å². The standard InChI is InChI=1S/C14H19F2NO3/c1-9(20-12-4-2-3-7-18-12)8-19-14-11(17)6-5-10(15)13(14)16/h5-6,9,12H,2-4,7-8,17H2,1H3/t9?,12-/m1/s1. The van der Waals surface area contributed by atoms with Gasteiger partial charge in [0, 0.05) is 6.61 Å². The molecule has 1 aliphatic rings. The maximum absolute atomic E-state index is 13.5. The molecule has 0 bridgehead atoms. The van der Waals surface area contributed by atoms with Gasteiger partial charge in [0.1, 0.15) is 6.61 Å². The molecule has 1 aliphatic heterocycles. The molecule has 0 radical (unpaired) electrons. The molecule has 1 fully saturated rings. The number of anilines is 1. The van der Waals surface area contributed by atoms with Gasteiger partial charge in [-0.1, -0.05) is 0 Å². The summed E-state index contributed by atoms with van der Waals surface area (Å²) in [6.07, 6.45) is 2.37. The number of hydrogen-bond acceptors (Lipinski definition) is 4. The fourth-order valence-corrected chi connectivity index (χ4v) is 2.01. The van der Waals surface area contributed by atoms with Gasteiger partial charge in [-0.3, -0.25) is 0 Å². The normalized spacial score (nSPS) is 20.6. The van der Waals surface area contributed by atoms with Crippen molar-refractivity contribution in [1.29, 1.82) is 0 Å². The summed E-state index contributed by atoms with van der Waals surface area (Å²) in [7, 11) is 0. The summed E-state index contributed by atoms with van der Waals surface area (Å²) in [5.41, 5.74) is 5.62. The fraction of sp³-hybridized carbons (Fsp3) is 0.571. The zero-order chi connectivity index (χ0) is 14.5. The van der Waals surface area contributed by atoms with Crippen molar-refractivity contribution in [3.8, 4) is 5.75 Å². The van der Waals surface area contributed by atoms with E-state index in [2.05, 4.69) is 0 Å². The molecule has 0 saturated carbocycles. The highest BCUT2D eigenvalue weighted by Crippen LogP contribution is 2.27. The van der Waals surface area contributed by atoms with Crippen LogP contribution in [0.15, 0.2) is 12.1 Å². The third-order valence-corrected chi connectivity index (χ3v) is 3.06. The number of halogens is 2. The van der Waals surface area contributed by atoms with Crippen LogP contribution in [0.1, 0.15) is 26.2 Å². The highest BCUT2D eigenvalue weighted by Gasteiger charge is 2.19. The SMILES string of the molecule is CC(COc1c(N)ccc(F)c1F)O[C@@H]1CCCCO1. The fourth-order valence-electron chi connectivity index (χ4n) is 2.01. The van der Waals surface area contributed by atoms with Gasteiger partial charge in [-0.25, -0.2) is 4.39 Å². The van der Waals surface area contributed by atoms with E-state index in [1.807, 2.05) is 0 Å². The molecular weight excluding hydrogens is 268 g/mol. The van der Waals surface area contributed by atoms with Crippen molar-refractivity contribution in [1.82, 2.24) is 0 Å². The number of benzene rings is 1. The Bertz CT molecular complexity index is 450. The maximum atomic E-state index is 13.5. The van der Waals surface area contributed by atoms with Gasteiger partial charge < -0.3 is 19.9 Å². The predicted molar refractivity (Wildman–Crippen MR) is 70.4 cm³/mol. The Hall–Kier alpha value is -1.40. The first kappa shape index (κ1) is 15.0. The zero-order valence-electron chi connectivity index (χ0n) is 11.4. The summed E-state index contributed by atoms with van der Waals surface area (Å²) in [6.45, 7) is 2.54. The average molecular weight is 287 g/mol. The highest BCUT2D eigenvalue weighted by molar-refractivity contribution is 5.53. The van der Waals surface area contributed by atoms with Gasteiger partial charge in [0.05, 0.1) is 11.8 Å². The summed E-state index contributed by atoms with van der Waals surface area (Å²) in [4.78, 5) is 0. The van der Waals surface area contributed by atoms with Crippen LogP contribution in [0.3, 0.4) is 0 Å². The minimum Gasteiger partial charge on any atom is -0.486 e. The molecule has 4 nitrogen and oxygen atoms in total. The molecule has 0 aliphatic carbocycles. The molecule has 1 heterocycles. The number of nitrogens with two attached hydrogens (primary N) is 1. The molecule has 1 aromatic carbocycles. The van der Waals surface area contributed by atoms with Gasteiger partial charge in [0.15, 0.2) is 17.9 Å². The van der Waals surface area contributed by atoms with Crippen molar-refractivity contribution in [2.75, 3.05) is 18.9 Å². The lowest BCUT2D eigenvalue weighted by Gasteiger charge is -2.26. The Labute approximate surface area is 116 Å². The maximum Gasteiger partial charge on any atom is 0.202 e. The van der Waals surface area contributed by atoms with E-state index >= 15 is 0 Å². The third-order valence-electron chi connectivity index (χ3n) is 3.06. The molecule has 1 aromatic rings. The van der Waals surface area contributed by atoms with Crippen LogP contribution >= 0.6 is 0 Å². The van der Waals surface area contributed by atoms with Crippen LogP contribution < -0.4 is 10.5 Å². The second-order valence-corrected chi connectivity index (χ2v) is 4.83. The van der Waals surface area contributed by atoms with E-state index in [-0.39, 0.29) is 30.4 Å². The van der Waals surface area contributed by atoms with E-state index < -0.39 is 11.6 Å². The lowest BCUT2D eigenvalue weighted by molar-refractivity contribution is -0.189. The monoisotopic (exact) mass is 287 g/mol. The molecule has 2 N–H and O–H groups in total.